The number of hydrogen-bond acceptors (Lipinski definition) is 4. The van der Waals surface area contributed by atoms with Crippen molar-refractivity contribution in [1.82, 2.24) is 10.6 Å². The van der Waals surface area contributed by atoms with Crippen LogP contribution < -0.4 is 20.1 Å². The van der Waals surface area contributed by atoms with Crippen molar-refractivity contribution in [2.45, 2.75) is 46.6 Å². The lowest BCUT2D eigenvalue weighted by molar-refractivity contribution is -0.128. The van der Waals surface area contributed by atoms with Gasteiger partial charge in [0.1, 0.15) is 0 Å². The van der Waals surface area contributed by atoms with Gasteiger partial charge in [-0.3, -0.25) is 9.59 Å². The van der Waals surface area contributed by atoms with Crippen LogP contribution in [0.15, 0.2) is 18.2 Å². The minimum absolute atomic E-state index is 0.00311. The van der Waals surface area contributed by atoms with Crippen molar-refractivity contribution in [1.29, 1.82) is 0 Å². The summed E-state index contributed by atoms with van der Waals surface area (Å²) >= 11 is 0. The van der Waals surface area contributed by atoms with Crippen molar-refractivity contribution < 1.29 is 19.1 Å². The van der Waals surface area contributed by atoms with Crippen LogP contribution in [0.2, 0.25) is 0 Å². The first-order valence-corrected chi connectivity index (χ1v) is 8.24. The van der Waals surface area contributed by atoms with Crippen molar-refractivity contribution in [2.24, 2.45) is 5.41 Å². The summed E-state index contributed by atoms with van der Waals surface area (Å²) in [5.41, 5.74) is 0.560. The molecule has 1 atom stereocenters. The van der Waals surface area contributed by atoms with Crippen LogP contribution in [0.25, 0.3) is 0 Å². The summed E-state index contributed by atoms with van der Waals surface area (Å²) in [6.07, 6.45) is 0.987. The molecule has 0 saturated carbocycles. The highest BCUT2D eigenvalue weighted by molar-refractivity contribution is 5.81. The Morgan fingerprint density at radius 3 is 2.62 bits per heavy atom. The van der Waals surface area contributed by atoms with Crippen LogP contribution in [0.4, 0.5) is 0 Å². The fraction of sp³-hybridized carbons (Fsp3) is 0.556. The van der Waals surface area contributed by atoms with Gasteiger partial charge in [-0.05, 0) is 31.0 Å². The first-order chi connectivity index (χ1) is 11.3. The third-order valence-electron chi connectivity index (χ3n) is 3.82. The highest BCUT2D eigenvalue weighted by atomic mass is 16.7. The molecule has 2 rings (SSSR count). The lowest BCUT2D eigenvalue weighted by Gasteiger charge is -2.18. The van der Waals surface area contributed by atoms with Crippen LogP contribution in [0, 0.1) is 5.41 Å². The van der Waals surface area contributed by atoms with Crippen molar-refractivity contribution in [2.75, 3.05) is 13.3 Å². The molecule has 24 heavy (non-hydrogen) atoms. The molecule has 0 saturated heterocycles. The topological polar surface area (TPSA) is 76.7 Å². The quantitative estimate of drug-likeness (QED) is 0.784. The second-order valence-electron chi connectivity index (χ2n) is 7.01. The number of benzene rings is 1. The molecule has 0 aliphatic carbocycles. The highest BCUT2D eigenvalue weighted by Gasteiger charge is 2.20. The average molecular weight is 334 g/mol. The largest absolute Gasteiger partial charge is 0.454 e. The van der Waals surface area contributed by atoms with E-state index in [1.54, 1.807) is 0 Å². The van der Waals surface area contributed by atoms with Crippen LogP contribution in [0.5, 0.6) is 11.5 Å². The predicted octanol–water partition coefficient (Wildman–Crippen LogP) is 2.54. The smallest absolute Gasteiger partial charge is 0.231 e. The van der Waals surface area contributed by atoms with Crippen LogP contribution in [0.3, 0.4) is 0 Å². The fourth-order valence-electron chi connectivity index (χ4n) is 2.30. The zero-order chi connectivity index (χ0) is 17.7. The normalized spacial score (nSPS) is 14.2. The Hall–Kier alpha value is -2.24. The molecule has 6 nitrogen and oxygen atoms in total. The van der Waals surface area contributed by atoms with Gasteiger partial charge in [-0.15, -0.1) is 0 Å². The number of carbonyl (C=O) groups excluding carboxylic acids is 2. The van der Waals surface area contributed by atoms with Gasteiger partial charge in [-0.2, -0.15) is 0 Å². The number of hydrogen-bond donors (Lipinski definition) is 2. The lowest BCUT2D eigenvalue weighted by Crippen LogP contribution is -2.36. The van der Waals surface area contributed by atoms with E-state index in [1.165, 1.54) is 0 Å². The van der Waals surface area contributed by atoms with E-state index in [2.05, 4.69) is 10.6 Å². The van der Waals surface area contributed by atoms with Crippen LogP contribution >= 0.6 is 0 Å². The predicted molar refractivity (Wildman–Crippen MR) is 90.8 cm³/mol. The van der Waals surface area contributed by atoms with E-state index < -0.39 is 5.41 Å². The SMILES string of the molecule is CC(NC(=O)CCCNC(=O)C(C)(C)C)c1ccc2c(c1)OCO2. The van der Waals surface area contributed by atoms with Gasteiger partial charge >= 0.3 is 0 Å². The van der Waals surface area contributed by atoms with E-state index >= 15 is 0 Å². The van der Waals surface area contributed by atoms with Gasteiger partial charge in [0.2, 0.25) is 18.6 Å². The zero-order valence-electron chi connectivity index (χ0n) is 14.8. The first kappa shape index (κ1) is 18.1. The number of fused-ring (bicyclic) bond motifs is 1. The highest BCUT2D eigenvalue weighted by Crippen LogP contribution is 2.34. The molecule has 1 heterocycles. The van der Waals surface area contributed by atoms with Gasteiger partial charge in [0.15, 0.2) is 11.5 Å². The molecule has 0 fully saturated rings. The van der Waals surface area contributed by atoms with Gasteiger partial charge in [0, 0.05) is 18.4 Å². The molecule has 0 radical (unpaired) electrons. The van der Waals surface area contributed by atoms with E-state index in [1.807, 2.05) is 45.9 Å². The maximum Gasteiger partial charge on any atom is 0.231 e. The Kier molecular flexibility index (Phi) is 5.70. The van der Waals surface area contributed by atoms with Crippen molar-refractivity contribution in [3.8, 4) is 11.5 Å². The third kappa shape index (κ3) is 4.88. The summed E-state index contributed by atoms with van der Waals surface area (Å²) < 4.78 is 10.6. The minimum atomic E-state index is -0.407. The zero-order valence-corrected chi connectivity index (χ0v) is 14.8. The molecular weight excluding hydrogens is 308 g/mol. The summed E-state index contributed by atoms with van der Waals surface area (Å²) in [4.78, 5) is 23.8. The van der Waals surface area contributed by atoms with Crippen LogP contribution in [-0.2, 0) is 9.59 Å². The van der Waals surface area contributed by atoms with Crippen molar-refractivity contribution in [3.63, 3.8) is 0 Å². The Balaban J connectivity index is 1.73. The van der Waals surface area contributed by atoms with Crippen LogP contribution in [-0.4, -0.2) is 25.2 Å². The van der Waals surface area contributed by atoms with E-state index in [-0.39, 0.29) is 24.6 Å². The number of carbonyl (C=O) groups is 2. The van der Waals surface area contributed by atoms with E-state index in [0.29, 0.717) is 25.1 Å². The lowest BCUT2D eigenvalue weighted by atomic mass is 9.96. The molecule has 132 valence electrons. The van der Waals surface area contributed by atoms with Gasteiger partial charge in [0.05, 0.1) is 6.04 Å². The average Bonchev–Trinajstić information content (AvgIpc) is 2.97. The summed E-state index contributed by atoms with van der Waals surface area (Å²) in [5.74, 6) is 1.40. The molecule has 0 bridgehead atoms. The van der Waals surface area contributed by atoms with Crippen molar-refractivity contribution in [3.05, 3.63) is 23.8 Å². The monoisotopic (exact) mass is 334 g/mol. The molecule has 2 N–H and O–H groups in total. The van der Waals surface area contributed by atoms with E-state index in [9.17, 15) is 9.59 Å². The molecule has 1 unspecified atom stereocenters. The van der Waals surface area contributed by atoms with Gasteiger partial charge < -0.3 is 20.1 Å². The molecular formula is C18H26N2O4. The second-order valence-corrected chi connectivity index (χ2v) is 7.01. The van der Waals surface area contributed by atoms with E-state index in [4.69, 9.17) is 9.47 Å². The standard InChI is InChI=1S/C18H26N2O4/c1-12(13-7-8-14-15(10-13)24-11-23-14)20-16(21)6-5-9-19-17(22)18(2,3)4/h7-8,10,12H,5-6,9,11H2,1-4H3,(H,19,22)(H,20,21). The molecule has 1 aromatic rings. The molecule has 2 amide bonds. The molecule has 1 aliphatic rings. The first-order valence-electron chi connectivity index (χ1n) is 8.24. The van der Waals surface area contributed by atoms with Gasteiger partial charge in [-0.1, -0.05) is 26.8 Å². The molecule has 1 aliphatic heterocycles. The van der Waals surface area contributed by atoms with Gasteiger partial charge in [0.25, 0.3) is 0 Å². The van der Waals surface area contributed by atoms with Gasteiger partial charge in [-0.25, -0.2) is 0 Å². The third-order valence-corrected chi connectivity index (χ3v) is 3.82. The molecule has 0 spiro atoms. The molecule has 0 aromatic heterocycles. The second kappa shape index (κ2) is 7.55. The van der Waals surface area contributed by atoms with E-state index in [0.717, 1.165) is 11.3 Å². The molecule has 6 heteroatoms. The number of ether oxygens (including phenoxy) is 2. The summed E-state index contributed by atoms with van der Waals surface area (Å²) in [5, 5.41) is 5.80. The fourth-order valence-corrected chi connectivity index (χ4v) is 2.30. The van der Waals surface area contributed by atoms with Crippen molar-refractivity contribution >= 4 is 11.8 Å². The number of amides is 2. The maximum absolute atomic E-state index is 12.0. The Morgan fingerprint density at radius 1 is 1.21 bits per heavy atom. The number of rotatable bonds is 6. The summed E-state index contributed by atoms with van der Waals surface area (Å²) in [6, 6.07) is 5.54. The Morgan fingerprint density at radius 2 is 1.92 bits per heavy atom. The summed E-state index contributed by atoms with van der Waals surface area (Å²) in [7, 11) is 0. The minimum Gasteiger partial charge on any atom is -0.454 e. The van der Waals surface area contributed by atoms with Crippen LogP contribution in [0.1, 0.15) is 52.1 Å². The Bertz CT molecular complexity index is 608. The molecule has 1 aromatic carbocycles. The maximum atomic E-state index is 12.0. The Labute approximate surface area is 142 Å². The summed E-state index contributed by atoms with van der Waals surface area (Å²) in [6.45, 7) is 8.25. The number of nitrogens with one attached hydrogen (secondary N) is 2.